The van der Waals surface area contributed by atoms with Crippen LogP contribution in [0.25, 0.3) is 0 Å². The van der Waals surface area contributed by atoms with E-state index in [0.717, 1.165) is 5.92 Å². The van der Waals surface area contributed by atoms with Crippen molar-refractivity contribution in [3.63, 3.8) is 0 Å². The summed E-state index contributed by atoms with van der Waals surface area (Å²) in [5.41, 5.74) is 2.20. The molecule has 0 spiro atoms. The van der Waals surface area contributed by atoms with E-state index in [1.807, 2.05) is 0 Å². The van der Waals surface area contributed by atoms with Crippen molar-refractivity contribution >= 4 is 0 Å². The van der Waals surface area contributed by atoms with E-state index in [2.05, 4.69) is 149 Å². The predicted octanol–water partition coefficient (Wildman–Crippen LogP) is 8.34. The first-order chi connectivity index (χ1) is 19.1. The molecule has 5 heteroatoms. The molecule has 0 aromatic carbocycles. The van der Waals surface area contributed by atoms with E-state index in [-0.39, 0.29) is 0 Å². The molecule has 3 fully saturated rings. The lowest BCUT2D eigenvalue weighted by molar-refractivity contribution is 0.0211. The molecule has 3 rings (SSSR count). The van der Waals surface area contributed by atoms with Gasteiger partial charge in [0.05, 0.1) is 0 Å². The second-order valence-electron chi connectivity index (χ2n) is 19.8. The maximum atomic E-state index is 2.62. The molecular formula is C38H81N5. The smallest absolute Gasteiger partial charge is 0.0126 e. The van der Waals surface area contributed by atoms with Crippen LogP contribution in [-0.2, 0) is 0 Å². The second kappa shape index (κ2) is 15.6. The molecule has 0 aromatic rings. The third kappa shape index (κ3) is 14.8. The van der Waals surface area contributed by atoms with Crippen molar-refractivity contribution in [3.8, 4) is 0 Å². The zero-order valence-electron chi connectivity index (χ0n) is 33.0. The van der Waals surface area contributed by atoms with E-state index >= 15 is 0 Å². The minimum Gasteiger partial charge on any atom is -0.298 e. The Balaban J connectivity index is 0.000000323. The first kappa shape index (κ1) is 40.8. The highest BCUT2D eigenvalue weighted by molar-refractivity contribution is 4.88. The maximum Gasteiger partial charge on any atom is 0.0126 e. The molecule has 0 radical (unpaired) electrons. The number of likely N-dealkylation sites (tertiary alicyclic amines) is 1. The Morgan fingerprint density at radius 1 is 0.302 bits per heavy atom. The van der Waals surface area contributed by atoms with Crippen LogP contribution in [0.1, 0.15) is 144 Å². The standard InChI is InChI=1S/C13H28N2.C13H27N.C12H26N2/c1-12(2,3)14-8-7-9-15(11-10-14)13(4,5)6;1-12(2,3)11-7-9-14(10-8-11)13(4,5)6;1-11(2,3)13-7-9-14(10-8-13)12(4,5)6/h7-11H2,1-6H3;11H,7-10H2,1-6H3;7-10H2,1-6H3. The molecule has 258 valence electrons. The molecular weight excluding hydrogens is 526 g/mol. The summed E-state index contributed by atoms with van der Waals surface area (Å²) in [5, 5.41) is 0. The quantitative estimate of drug-likeness (QED) is 0.274. The Kier molecular flexibility index (Phi) is 14.8. The van der Waals surface area contributed by atoms with Crippen LogP contribution in [0.15, 0.2) is 0 Å². The second-order valence-corrected chi connectivity index (χ2v) is 19.8. The molecule has 3 aliphatic rings. The van der Waals surface area contributed by atoms with Crippen LogP contribution in [0.2, 0.25) is 0 Å². The molecule has 0 atom stereocenters. The summed E-state index contributed by atoms with van der Waals surface area (Å²) >= 11 is 0. The zero-order chi connectivity index (χ0) is 33.7. The van der Waals surface area contributed by atoms with Gasteiger partial charge in [-0.3, -0.25) is 24.5 Å². The van der Waals surface area contributed by atoms with Gasteiger partial charge in [0.15, 0.2) is 0 Å². The molecule has 0 bridgehead atoms. The number of piperazine rings is 1. The number of piperidine rings is 1. The summed E-state index contributed by atoms with van der Waals surface area (Å²) in [5.74, 6) is 0.918. The van der Waals surface area contributed by atoms with Crippen molar-refractivity contribution in [2.75, 3.05) is 65.4 Å². The van der Waals surface area contributed by atoms with Crippen molar-refractivity contribution < 1.29 is 0 Å². The fourth-order valence-electron chi connectivity index (χ4n) is 6.72. The largest absolute Gasteiger partial charge is 0.298 e. The number of hydrogen-bond donors (Lipinski definition) is 0. The molecule has 3 heterocycles. The third-order valence-corrected chi connectivity index (χ3v) is 10.2. The van der Waals surface area contributed by atoms with Gasteiger partial charge < -0.3 is 0 Å². The fraction of sp³-hybridized carbons (Fsp3) is 1.00. The van der Waals surface area contributed by atoms with E-state index in [0.29, 0.717) is 33.1 Å². The van der Waals surface area contributed by atoms with E-state index in [1.165, 1.54) is 84.7 Å². The number of hydrogen-bond acceptors (Lipinski definition) is 5. The molecule has 0 aromatic heterocycles. The molecule has 0 saturated carbocycles. The molecule has 43 heavy (non-hydrogen) atoms. The van der Waals surface area contributed by atoms with Crippen LogP contribution in [0, 0.1) is 11.3 Å². The van der Waals surface area contributed by atoms with E-state index in [9.17, 15) is 0 Å². The van der Waals surface area contributed by atoms with Crippen LogP contribution >= 0.6 is 0 Å². The number of nitrogens with zero attached hydrogens (tertiary/aromatic N) is 5. The van der Waals surface area contributed by atoms with Gasteiger partial charge in [-0.1, -0.05) is 20.8 Å². The lowest BCUT2D eigenvalue weighted by atomic mass is 9.75. The molecule has 0 unspecified atom stereocenters. The van der Waals surface area contributed by atoms with Gasteiger partial charge in [0, 0.05) is 67.0 Å². The Bertz CT molecular complexity index is 652. The van der Waals surface area contributed by atoms with Crippen LogP contribution in [0.3, 0.4) is 0 Å². The fourth-order valence-corrected chi connectivity index (χ4v) is 6.72. The lowest BCUT2D eigenvalue weighted by Crippen LogP contribution is -2.57. The van der Waals surface area contributed by atoms with Crippen LogP contribution in [0.5, 0.6) is 0 Å². The maximum absolute atomic E-state index is 2.62. The Morgan fingerprint density at radius 2 is 0.512 bits per heavy atom. The monoisotopic (exact) mass is 608 g/mol. The van der Waals surface area contributed by atoms with Gasteiger partial charge in [-0.25, -0.2) is 0 Å². The first-order valence-electron chi connectivity index (χ1n) is 17.9. The minimum absolute atomic E-state index is 0.327. The summed E-state index contributed by atoms with van der Waals surface area (Å²) in [6.07, 6.45) is 4.05. The van der Waals surface area contributed by atoms with Crippen molar-refractivity contribution in [2.45, 2.75) is 172 Å². The van der Waals surface area contributed by atoms with Crippen molar-refractivity contribution in [1.29, 1.82) is 0 Å². The van der Waals surface area contributed by atoms with Gasteiger partial charge >= 0.3 is 0 Å². The van der Waals surface area contributed by atoms with Crippen molar-refractivity contribution in [1.82, 2.24) is 24.5 Å². The molecule has 3 aliphatic heterocycles. The average molecular weight is 608 g/mol. The van der Waals surface area contributed by atoms with Crippen LogP contribution in [-0.4, -0.2) is 118 Å². The summed E-state index contributed by atoms with van der Waals surface area (Å²) in [7, 11) is 0. The molecule has 0 aliphatic carbocycles. The summed E-state index contributed by atoms with van der Waals surface area (Å²) < 4.78 is 0. The van der Waals surface area contributed by atoms with Gasteiger partial charge in [0.1, 0.15) is 0 Å². The van der Waals surface area contributed by atoms with Crippen molar-refractivity contribution in [2.24, 2.45) is 11.3 Å². The molecule has 0 N–H and O–H groups in total. The van der Waals surface area contributed by atoms with Gasteiger partial charge in [-0.05, 0) is 161 Å². The Hall–Kier alpha value is -0.200. The zero-order valence-corrected chi connectivity index (χ0v) is 33.0. The van der Waals surface area contributed by atoms with Gasteiger partial charge in [0.25, 0.3) is 0 Å². The summed E-state index contributed by atoms with van der Waals surface area (Å²) in [4.78, 5) is 13.0. The highest BCUT2D eigenvalue weighted by Gasteiger charge is 2.33. The lowest BCUT2D eigenvalue weighted by Gasteiger charge is -2.46. The molecule has 3 saturated heterocycles. The topological polar surface area (TPSA) is 16.2 Å². The third-order valence-electron chi connectivity index (χ3n) is 10.2. The van der Waals surface area contributed by atoms with Gasteiger partial charge in [0.2, 0.25) is 0 Å². The van der Waals surface area contributed by atoms with E-state index in [1.54, 1.807) is 0 Å². The van der Waals surface area contributed by atoms with Crippen LogP contribution in [0.4, 0.5) is 0 Å². The summed E-state index contributed by atoms with van der Waals surface area (Å²) in [6.45, 7) is 54.2. The molecule has 5 nitrogen and oxygen atoms in total. The first-order valence-corrected chi connectivity index (χ1v) is 17.9. The van der Waals surface area contributed by atoms with Gasteiger partial charge in [-0.2, -0.15) is 0 Å². The van der Waals surface area contributed by atoms with Crippen molar-refractivity contribution in [3.05, 3.63) is 0 Å². The Labute approximate surface area is 272 Å². The normalized spacial score (nSPS) is 22.7. The van der Waals surface area contributed by atoms with E-state index in [4.69, 9.17) is 0 Å². The average Bonchev–Trinajstić information content (AvgIpc) is 3.10. The van der Waals surface area contributed by atoms with E-state index < -0.39 is 0 Å². The van der Waals surface area contributed by atoms with Crippen LogP contribution < -0.4 is 0 Å². The Morgan fingerprint density at radius 3 is 0.721 bits per heavy atom. The predicted molar refractivity (Wildman–Crippen MR) is 193 cm³/mol. The SMILES string of the molecule is CC(C)(C)C1CCN(C(C)(C)C)CC1.CC(C)(C)N1CCCN(C(C)(C)C)CC1.CC(C)(C)N1CCN(C(C)(C)C)CC1. The highest BCUT2D eigenvalue weighted by atomic mass is 15.3. The molecule has 0 amide bonds. The van der Waals surface area contributed by atoms with Gasteiger partial charge in [-0.15, -0.1) is 0 Å². The minimum atomic E-state index is 0.327. The summed E-state index contributed by atoms with van der Waals surface area (Å²) in [6, 6.07) is 0. The number of rotatable bonds is 0. The highest BCUT2D eigenvalue weighted by Crippen LogP contribution is 2.35.